The summed E-state index contributed by atoms with van der Waals surface area (Å²) < 4.78 is 21.0. The van der Waals surface area contributed by atoms with Crippen LogP contribution in [-0.2, 0) is 4.74 Å². The van der Waals surface area contributed by atoms with Gasteiger partial charge in [-0.05, 0) is 50.8 Å². The van der Waals surface area contributed by atoms with E-state index in [-0.39, 0.29) is 0 Å². The number of hydrogen-bond acceptors (Lipinski definition) is 7. The Balaban J connectivity index is 1.49. The number of morpholine rings is 1. The summed E-state index contributed by atoms with van der Waals surface area (Å²) in [4.78, 5) is 28.4. The molecule has 2 aromatic carbocycles. The lowest BCUT2D eigenvalue weighted by atomic mass is 10.1. The number of rotatable bonds is 6. The Labute approximate surface area is 231 Å². The first-order valence-corrected chi connectivity index (χ1v) is 13.2. The number of nitrogens with one attached hydrogen (secondary N) is 1. The third-order valence-electron chi connectivity index (χ3n) is 6.94. The minimum atomic E-state index is -0.417. The molecular formula is C27H29Cl2FN6O2. The number of aromatic nitrogens is 2. The number of likely N-dealkylation sites (N-methyl/N-ethyl adjacent to an activating group) is 1. The van der Waals surface area contributed by atoms with Crippen LogP contribution in [-0.4, -0.2) is 80.3 Å². The Morgan fingerprint density at radius 2 is 1.71 bits per heavy atom. The van der Waals surface area contributed by atoms with E-state index in [1.807, 2.05) is 19.0 Å². The Hall–Kier alpha value is -2.98. The zero-order valence-electron chi connectivity index (χ0n) is 21.3. The summed E-state index contributed by atoms with van der Waals surface area (Å²) in [5, 5.41) is 3.67. The van der Waals surface area contributed by atoms with Crippen molar-refractivity contribution in [2.75, 3.05) is 68.6 Å². The van der Waals surface area contributed by atoms with Gasteiger partial charge in [-0.1, -0.05) is 23.2 Å². The molecule has 8 nitrogen and oxygen atoms in total. The van der Waals surface area contributed by atoms with E-state index < -0.39 is 11.7 Å². The van der Waals surface area contributed by atoms with Crippen LogP contribution < -0.4 is 15.1 Å². The van der Waals surface area contributed by atoms with E-state index in [4.69, 9.17) is 27.9 Å². The molecule has 38 heavy (non-hydrogen) atoms. The number of benzene rings is 2. The van der Waals surface area contributed by atoms with Gasteiger partial charge in [-0.3, -0.25) is 4.79 Å². The van der Waals surface area contributed by atoms with Gasteiger partial charge in [0.15, 0.2) is 0 Å². The number of halogens is 3. The highest BCUT2D eigenvalue weighted by atomic mass is 35.5. The monoisotopic (exact) mass is 558 g/mol. The van der Waals surface area contributed by atoms with Crippen LogP contribution in [0.3, 0.4) is 0 Å². The molecule has 1 N–H and O–H groups in total. The van der Waals surface area contributed by atoms with E-state index in [9.17, 15) is 4.79 Å². The number of hydrogen-bond donors (Lipinski definition) is 1. The van der Waals surface area contributed by atoms with Gasteiger partial charge < -0.3 is 24.8 Å². The van der Waals surface area contributed by atoms with Crippen molar-refractivity contribution in [3.8, 4) is 11.1 Å². The van der Waals surface area contributed by atoms with Crippen molar-refractivity contribution < 1.29 is 13.9 Å². The molecule has 1 atom stereocenters. The van der Waals surface area contributed by atoms with E-state index in [0.717, 1.165) is 19.5 Å². The van der Waals surface area contributed by atoms with Gasteiger partial charge in [0.2, 0.25) is 5.95 Å². The van der Waals surface area contributed by atoms with Crippen molar-refractivity contribution in [3.63, 3.8) is 0 Å². The van der Waals surface area contributed by atoms with Gasteiger partial charge in [-0.15, -0.1) is 0 Å². The number of ether oxygens (including phenoxy) is 1. The van der Waals surface area contributed by atoms with Crippen molar-refractivity contribution in [2.45, 2.75) is 12.5 Å². The maximum absolute atomic E-state index is 15.6. The van der Waals surface area contributed by atoms with Gasteiger partial charge in [0, 0.05) is 71.4 Å². The maximum Gasteiger partial charge on any atom is 0.255 e. The van der Waals surface area contributed by atoms with Gasteiger partial charge in [0.25, 0.3) is 5.91 Å². The fourth-order valence-electron chi connectivity index (χ4n) is 4.79. The van der Waals surface area contributed by atoms with E-state index in [1.54, 1.807) is 36.7 Å². The quantitative estimate of drug-likeness (QED) is 0.465. The summed E-state index contributed by atoms with van der Waals surface area (Å²) in [5.41, 5.74) is 2.22. The summed E-state index contributed by atoms with van der Waals surface area (Å²) in [7, 11) is 4.06. The molecule has 3 heterocycles. The average Bonchev–Trinajstić information content (AvgIpc) is 3.40. The van der Waals surface area contributed by atoms with E-state index >= 15 is 4.39 Å². The molecule has 2 aliphatic heterocycles. The maximum atomic E-state index is 15.6. The van der Waals surface area contributed by atoms with Crippen LogP contribution in [0.1, 0.15) is 16.8 Å². The second-order valence-corrected chi connectivity index (χ2v) is 10.6. The molecule has 200 valence electrons. The SMILES string of the molecule is CN(C)[C@@H]1CCN(c2cc(F)c(-c3cnc(N4CCOCC4)nc3)cc2NC(=O)c2cc(Cl)cc(Cl)c2)C1. The molecule has 0 spiro atoms. The molecule has 0 saturated carbocycles. The molecule has 2 aliphatic rings. The Kier molecular flexibility index (Phi) is 7.99. The zero-order chi connectivity index (χ0) is 26.8. The zero-order valence-corrected chi connectivity index (χ0v) is 22.8. The predicted octanol–water partition coefficient (Wildman–Crippen LogP) is 4.82. The first kappa shape index (κ1) is 26.6. The topological polar surface area (TPSA) is 73.8 Å². The Morgan fingerprint density at radius 1 is 1.03 bits per heavy atom. The van der Waals surface area contributed by atoms with Gasteiger partial charge in [0.05, 0.1) is 24.6 Å². The predicted molar refractivity (Wildman–Crippen MR) is 149 cm³/mol. The summed E-state index contributed by atoms with van der Waals surface area (Å²) in [6.45, 7) is 4.10. The van der Waals surface area contributed by atoms with Crippen molar-refractivity contribution in [1.82, 2.24) is 14.9 Å². The standard InChI is InChI=1S/C27H29Cl2FN6O2/c1-34(2)21-3-4-36(16-21)25-13-23(30)22(18-14-31-27(32-15-18)35-5-7-38-8-6-35)12-24(25)33-26(37)17-9-19(28)11-20(29)10-17/h9-15,21H,3-8,16H2,1-2H3,(H,33,37)/t21-/m1/s1. The lowest BCUT2D eigenvalue weighted by Gasteiger charge is -2.26. The first-order valence-electron chi connectivity index (χ1n) is 12.5. The van der Waals surface area contributed by atoms with Gasteiger partial charge in [-0.2, -0.15) is 0 Å². The van der Waals surface area contributed by atoms with Crippen LogP contribution in [0.25, 0.3) is 11.1 Å². The molecule has 3 aromatic rings. The third kappa shape index (κ3) is 5.86. The van der Waals surface area contributed by atoms with Crippen LogP contribution in [0.2, 0.25) is 10.0 Å². The number of carbonyl (C=O) groups excluding carboxylic acids is 1. The molecule has 2 saturated heterocycles. The van der Waals surface area contributed by atoms with Gasteiger partial charge >= 0.3 is 0 Å². The lowest BCUT2D eigenvalue weighted by Crippen LogP contribution is -2.37. The smallest absolute Gasteiger partial charge is 0.255 e. The number of anilines is 3. The number of amides is 1. The highest BCUT2D eigenvalue weighted by Crippen LogP contribution is 2.36. The molecule has 1 amide bonds. The van der Waals surface area contributed by atoms with Crippen molar-refractivity contribution in [1.29, 1.82) is 0 Å². The average molecular weight is 559 g/mol. The second kappa shape index (κ2) is 11.4. The van der Waals surface area contributed by atoms with Gasteiger partial charge in [0.1, 0.15) is 5.82 Å². The summed E-state index contributed by atoms with van der Waals surface area (Å²) in [6.07, 6.45) is 4.15. The minimum absolute atomic E-state index is 0.296. The highest BCUT2D eigenvalue weighted by molar-refractivity contribution is 6.35. The Bertz CT molecular complexity index is 1300. The van der Waals surface area contributed by atoms with Crippen molar-refractivity contribution in [2.24, 2.45) is 0 Å². The summed E-state index contributed by atoms with van der Waals surface area (Å²) in [6, 6.07) is 8.10. The number of nitrogens with zero attached hydrogens (tertiary/aromatic N) is 5. The van der Waals surface area contributed by atoms with Crippen LogP contribution in [0.15, 0.2) is 42.7 Å². The van der Waals surface area contributed by atoms with Crippen LogP contribution in [0.4, 0.5) is 21.7 Å². The van der Waals surface area contributed by atoms with E-state index in [2.05, 4.69) is 25.1 Å². The molecule has 0 unspecified atom stereocenters. The van der Waals surface area contributed by atoms with E-state index in [0.29, 0.717) is 76.4 Å². The van der Waals surface area contributed by atoms with E-state index in [1.165, 1.54) is 6.07 Å². The molecule has 2 fully saturated rings. The molecule has 5 rings (SSSR count). The second-order valence-electron chi connectivity index (χ2n) is 9.68. The highest BCUT2D eigenvalue weighted by Gasteiger charge is 2.27. The summed E-state index contributed by atoms with van der Waals surface area (Å²) >= 11 is 12.2. The largest absolute Gasteiger partial charge is 0.378 e. The van der Waals surface area contributed by atoms with Gasteiger partial charge in [-0.25, -0.2) is 14.4 Å². The lowest BCUT2D eigenvalue weighted by molar-refractivity contribution is 0.102. The van der Waals surface area contributed by atoms with Crippen molar-refractivity contribution in [3.05, 3.63) is 64.2 Å². The first-order chi connectivity index (χ1) is 18.3. The molecule has 0 radical (unpaired) electrons. The fraction of sp³-hybridized carbons (Fsp3) is 0.370. The molecular weight excluding hydrogens is 530 g/mol. The van der Waals surface area contributed by atoms with Crippen LogP contribution >= 0.6 is 23.2 Å². The third-order valence-corrected chi connectivity index (χ3v) is 7.37. The molecule has 1 aromatic heterocycles. The van der Waals surface area contributed by atoms with Crippen LogP contribution in [0.5, 0.6) is 0 Å². The van der Waals surface area contributed by atoms with Crippen LogP contribution in [0, 0.1) is 5.82 Å². The molecule has 0 bridgehead atoms. The fourth-order valence-corrected chi connectivity index (χ4v) is 5.32. The summed E-state index contributed by atoms with van der Waals surface area (Å²) in [5.74, 6) is -0.234. The Morgan fingerprint density at radius 3 is 2.34 bits per heavy atom. The number of carbonyl (C=O) groups is 1. The molecule has 0 aliphatic carbocycles. The molecule has 11 heteroatoms. The van der Waals surface area contributed by atoms with Crippen molar-refractivity contribution >= 4 is 46.4 Å². The minimum Gasteiger partial charge on any atom is -0.378 e. The normalized spacial score (nSPS) is 17.8.